The van der Waals surface area contributed by atoms with E-state index in [2.05, 4.69) is 40.9 Å². The van der Waals surface area contributed by atoms with Crippen molar-refractivity contribution in [2.24, 2.45) is 5.41 Å². The monoisotopic (exact) mass is 495 g/mol. The van der Waals surface area contributed by atoms with Gasteiger partial charge in [0.2, 0.25) is 5.89 Å². The minimum Gasteiger partial charge on any atom is -0.496 e. The molecule has 0 radical (unpaired) electrons. The van der Waals surface area contributed by atoms with E-state index in [1.54, 1.807) is 18.4 Å². The molecule has 1 aliphatic heterocycles. The SMILES string of the molecule is COc1cc2c(cc1-c1n[nH]c(=S)o1)-n1c(-c3cccs3)nc(C(=O)NCC(C)(C)C)c1CC2. The number of imidazole rings is 1. The van der Waals surface area contributed by atoms with E-state index in [1.165, 1.54) is 0 Å². The molecule has 0 bridgehead atoms. The number of hydrogen-bond acceptors (Lipinski definition) is 7. The number of H-pyrrole nitrogens is 1. The highest BCUT2D eigenvalue weighted by Crippen LogP contribution is 2.40. The number of ether oxygens (including phenoxy) is 1. The third-order valence-corrected chi connectivity index (χ3v) is 6.69. The molecular weight excluding hydrogens is 470 g/mol. The number of nitrogens with zero attached hydrogens (tertiary/aromatic N) is 3. The molecule has 3 aromatic heterocycles. The van der Waals surface area contributed by atoms with Gasteiger partial charge in [-0.1, -0.05) is 26.8 Å². The molecule has 0 spiro atoms. The van der Waals surface area contributed by atoms with Crippen LogP contribution in [0.3, 0.4) is 0 Å². The number of methoxy groups -OCH3 is 1. The van der Waals surface area contributed by atoms with Gasteiger partial charge in [-0.15, -0.1) is 16.4 Å². The Morgan fingerprint density at radius 1 is 1.35 bits per heavy atom. The molecule has 10 heteroatoms. The summed E-state index contributed by atoms with van der Waals surface area (Å²) < 4.78 is 13.3. The molecule has 0 saturated carbocycles. The van der Waals surface area contributed by atoms with Crippen LogP contribution in [0.25, 0.3) is 27.8 Å². The number of nitrogens with one attached hydrogen (secondary N) is 2. The number of rotatable bonds is 5. The largest absolute Gasteiger partial charge is 0.496 e. The Labute approximate surface area is 206 Å². The first-order valence-electron chi connectivity index (χ1n) is 11.0. The summed E-state index contributed by atoms with van der Waals surface area (Å²) >= 11 is 6.66. The molecule has 0 atom stereocenters. The molecule has 34 heavy (non-hydrogen) atoms. The first kappa shape index (κ1) is 22.5. The number of amides is 1. The summed E-state index contributed by atoms with van der Waals surface area (Å²) in [6.07, 6.45) is 1.44. The number of benzene rings is 1. The number of aromatic amines is 1. The number of thiophene rings is 1. The molecule has 0 saturated heterocycles. The lowest BCUT2D eigenvalue weighted by molar-refractivity contribution is 0.0933. The Kier molecular flexibility index (Phi) is 5.65. The van der Waals surface area contributed by atoms with Crippen LogP contribution in [0.1, 0.15) is 42.5 Å². The Morgan fingerprint density at radius 3 is 2.82 bits per heavy atom. The molecule has 176 valence electrons. The lowest BCUT2D eigenvalue weighted by atomic mass is 9.96. The van der Waals surface area contributed by atoms with Crippen LogP contribution in [-0.2, 0) is 12.8 Å². The predicted octanol–water partition coefficient (Wildman–Crippen LogP) is 5.20. The molecule has 0 aliphatic carbocycles. The van der Waals surface area contributed by atoms with Crippen molar-refractivity contribution in [2.45, 2.75) is 33.6 Å². The van der Waals surface area contributed by atoms with Gasteiger partial charge in [-0.3, -0.25) is 9.36 Å². The number of aromatic nitrogens is 4. The number of carbonyl (C=O) groups is 1. The molecule has 4 heterocycles. The van der Waals surface area contributed by atoms with E-state index in [1.807, 2.05) is 29.6 Å². The zero-order valence-electron chi connectivity index (χ0n) is 19.4. The predicted molar refractivity (Wildman–Crippen MR) is 133 cm³/mol. The van der Waals surface area contributed by atoms with Gasteiger partial charge >= 0.3 is 0 Å². The normalized spacial score (nSPS) is 12.8. The van der Waals surface area contributed by atoms with Gasteiger partial charge in [-0.25, -0.2) is 10.1 Å². The van der Waals surface area contributed by atoms with Crippen LogP contribution >= 0.6 is 23.6 Å². The van der Waals surface area contributed by atoms with Gasteiger partial charge in [0.15, 0.2) is 5.82 Å². The van der Waals surface area contributed by atoms with Crippen LogP contribution < -0.4 is 10.1 Å². The number of aryl methyl sites for hydroxylation is 1. The third-order valence-electron chi connectivity index (χ3n) is 5.65. The van der Waals surface area contributed by atoms with Gasteiger partial charge in [0.05, 0.1) is 28.9 Å². The van der Waals surface area contributed by atoms with Crippen LogP contribution in [0.15, 0.2) is 34.1 Å². The average molecular weight is 496 g/mol. The Morgan fingerprint density at radius 2 is 2.18 bits per heavy atom. The minimum atomic E-state index is -0.156. The summed E-state index contributed by atoms with van der Waals surface area (Å²) in [7, 11) is 1.62. The number of fused-ring (bicyclic) bond motifs is 3. The Hall–Kier alpha value is -3.24. The summed E-state index contributed by atoms with van der Waals surface area (Å²) in [6, 6.07) is 7.97. The Balaban J connectivity index is 1.69. The lowest BCUT2D eigenvalue weighted by Crippen LogP contribution is -2.33. The van der Waals surface area contributed by atoms with E-state index in [-0.39, 0.29) is 16.2 Å². The molecule has 1 aliphatic rings. The maximum Gasteiger partial charge on any atom is 0.284 e. The van der Waals surface area contributed by atoms with E-state index in [9.17, 15) is 4.79 Å². The lowest BCUT2D eigenvalue weighted by Gasteiger charge is -2.23. The van der Waals surface area contributed by atoms with E-state index in [4.69, 9.17) is 26.4 Å². The third kappa shape index (κ3) is 4.07. The second-order valence-corrected chi connectivity index (χ2v) is 10.7. The minimum absolute atomic E-state index is 0.0271. The molecule has 1 aromatic carbocycles. The standard InChI is InChI=1S/C24H25N5O3S2/c1-24(2,3)12-25-21(30)19-15-8-7-13-10-17(31-4)14(22-27-28-23(33)32-22)11-16(13)29(15)20(26-19)18-6-5-9-34-18/h5-6,9-11H,7-8,12H2,1-4H3,(H,25,30)(H,28,33). The fraction of sp³-hybridized carbons (Fsp3) is 0.333. The van der Waals surface area contributed by atoms with Crippen LogP contribution in [0.2, 0.25) is 0 Å². The van der Waals surface area contributed by atoms with Crippen LogP contribution in [0.4, 0.5) is 0 Å². The van der Waals surface area contributed by atoms with Crippen molar-refractivity contribution in [1.29, 1.82) is 0 Å². The zero-order valence-corrected chi connectivity index (χ0v) is 21.0. The van der Waals surface area contributed by atoms with E-state index < -0.39 is 0 Å². The highest BCUT2D eigenvalue weighted by Gasteiger charge is 2.30. The van der Waals surface area contributed by atoms with Crippen molar-refractivity contribution in [3.8, 4) is 33.6 Å². The first-order chi connectivity index (χ1) is 16.2. The van der Waals surface area contributed by atoms with Gasteiger partial charge < -0.3 is 14.5 Å². The maximum atomic E-state index is 13.2. The quantitative estimate of drug-likeness (QED) is 0.370. The highest BCUT2D eigenvalue weighted by molar-refractivity contribution is 7.71. The summed E-state index contributed by atoms with van der Waals surface area (Å²) in [5, 5.41) is 11.9. The fourth-order valence-electron chi connectivity index (χ4n) is 4.08. The molecule has 0 unspecified atom stereocenters. The second kappa shape index (κ2) is 8.52. The summed E-state index contributed by atoms with van der Waals surface area (Å²) in [4.78, 5) is 19.2. The highest BCUT2D eigenvalue weighted by atomic mass is 32.1. The molecule has 8 nitrogen and oxygen atoms in total. The molecule has 0 fully saturated rings. The van der Waals surface area contributed by atoms with E-state index in [0.29, 0.717) is 35.9 Å². The van der Waals surface area contributed by atoms with Gasteiger partial charge in [-0.2, -0.15) is 0 Å². The topological polar surface area (TPSA) is 98.0 Å². The fourth-order valence-corrected chi connectivity index (χ4v) is 4.91. The van der Waals surface area contributed by atoms with Crippen LogP contribution in [-0.4, -0.2) is 39.3 Å². The van der Waals surface area contributed by atoms with Crippen molar-refractivity contribution in [3.05, 3.63) is 51.4 Å². The molecule has 1 amide bonds. The van der Waals surface area contributed by atoms with Crippen molar-refractivity contribution >= 4 is 29.5 Å². The average Bonchev–Trinajstić information content (AvgIpc) is 3.55. The number of carbonyl (C=O) groups excluding carboxylic acids is 1. The van der Waals surface area contributed by atoms with Gasteiger partial charge in [0.25, 0.3) is 10.7 Å². The first-order valence-corrected chi connectivity index (χ1v) is 12.2. The molecule has 5 rings (SSSR count). The summed E-state index contributed by atoms with van der Waals surface area (Å²) in [5.74, 6) is 1.58. The zero-order chi connectivity index (χ0) is 24.0. The second-order valence-electron chi connectivity index (χ2n) is 9.39. The summed E-state index contributed by atoms with van der Waals surface area (Å²) in [6.45, 7) is 6.83. The Bertz CT molecular complexity index is 1420. The molecule has 2 N–H and O–H groups in total. The van der Waals surface area contributed by atoms with Gasteiger partial charge in [0.1, 0.15) is 11.4 Å². The van der Waals surface area contributed by atoms with Gasteiger partial charge in [-0.05, 0) is 59.6 Å². The van der Waals surface area contributed by atoms with Crippen LogP contribution in [0.5, 0.6) is 5.75 Å². The maximum absolute atomic E-state index is 13.2. The van der Waals surface area contributed by atoms with E-state index in [0.717, 1.165) is 34.1 Å². The van der Waals surface area contributed by atoms with Crippen molar-refractivity contribution < 1.29 is 13.9 Å². The van der Waals surface area contributed by atoms with E-state index >= 15 is 0 Å². The summed E-state index contributed by atoms with van der Waals surface area (Å²) in [5.41, 5.74) is 4.02. The van der Waals surface area contributed by atoms with Crippen molar-refractivity contribution in [3.63, 3.8) is 0 Å². The van der Waals surface area contributed by atoms with Crippen molar-refractivity contribution in [1.82, 2.24) is 25.1 Å². The number of hydrogen-bond donors (Lipinski definition) is 2. The molecular formula is C24H25N5O3S2. The van der Waals surface area contributed by atoms with Gasteiger partial charge in [0, 0.05) is 6.54 Å². The smallest absolute Gasteiger partial charge is 0.284 e. The molecule has 4 aromatic rings. The van der Waals surface area contributed by atoms with Crippen molar-refractivity contribution in [2.75, 3.05) is 13.7 Å². The van der Waals surface area contributed by atoms with Crippen LogP contribution in [0, 0.1) is 10.3 Å².